The van der Waals surface area contributed by atoms with Gasteiger partial charge >= 0.3 is 0 Å². The summed E-state index contributed by atoms with van der Waals surface area (Å²) in [5.41, 5.74) is 1.29. The van der Waals surface area contributed by atoms with Crippen molar-refractivity contribution in [3.05, 3.63) is 26.6 Å². The first-order chi connectivity index (χ1) is 10.2. The van der Waals surface area contributed by atoms with Crippen LogP contribution in [-0.2, 0) is 6.54 Å². The molecule has 3 atom stereocenters. The van der Waals surface area contributed by atoms with Crippen LogP contribution in [0.3, 0.4) is 0 Å². The standard InChI is InChI=1S/C17H23Br2NO/c1-2-21-17-15(18)7-12(8-16(17)19)9-20-10-14-6-11-3-4-13(14)5-11/h7-8,11,13-14,20H,2-6,9-10H2,1H3. The topological polar surface area (TPSA) is 21.3 Å². The average molecular weight is 417 g/mol. The average Bonchev–Trinajstić information content (AvgIpc) is 3.05. The van der Waals surface area contributed by atoms with E-state index in [0.29, 0.717) is 6.61 Å². The molecule has 2 aliphatic carbocycles. The summed E-state index contributed by atoms with van der Waals surface area (Å²) in [6.07, 6.45) is 5.90. The third kappa shape index (κ3) is 3.65. The molecule has 0 heterocycles. The number of benzene rings is 1. The second kappa shape index (κ2) is 7.01. The number of nitrogens with one attached hydrogen (secondary N) is 1. The van der Waals surface area contributed by atoms with Crippen LogP contribution in [-0.4, -0.2) is 13.2 Å². The second-order valence-corrected chi connectivity index (χ2v) is 8.10. The Bertz CT molecular complexity index is 483. The Morgan fingerprint density at radius 1 is 1.19 bits per heavy atom. The van der Waals surface area contributed by atoms with Crippen LogP contribution < -0.4 is 10.1 Å². The summed E-state index contributed by atoms with van der Waals surface area (Å²) in [5.74, 6) is 3.85. The number of hydrogen-bond donors (Lipinski definition) is 1. The Hall–Kier alpha value is -0.0600. The van der Waals surface area contributed by atoms with E-state index in [4.69, 9.17) is 4.74 Å². The van der Waals surface area contributed by atoms with Crippen molar-refractivity contribution in [1.29, 1.82) is 0 Å². The molecule has 0 amide bonds. The van der Waals surface area contributed by atoms with Crippen molar-refractivity contribution >= 4 is 31.9 Å². The third-order valence-corrected chi connectivity index (χ3v) is 6.15. The number of halogens is 2. The van der Waals surface area contributed by atoms with Crippen LogP contribution in [0, 0.1) is 17.8 Å². The van der Waals surface area contributed by atoms with E-state index >= 15 is 0 Å². The van der Waals surface area contributed by atoms with E-state index in [1.54, 1.807) is 0 Å². The zero-order valence-corrected chi connectivity index (χ0v) is 15.7. The molecule has 0 saturated heterocycles. The van der Waals surface area contributed by atoms with Crippen molar-refractivity contribution in [2.24, 2.45) is 17.8 Å². The molecule has 21 heavy (non-hydrogen) atoms. The van der Waals surface area contributed by atoms with Crippen molar-refractivity contribution in [2.45, 2.75) is 39.2 Å². The van der Waals surface area contributed by atoms with Gasteiger partial charge in [0.2, 0.25) is 0 Å². The maximum Gasteiger partial charge on any atom is 0.147 e. The molecule has 2 bridgehead atoms. The van der Waals surface area contributed by atoms with E-state index in [0.717, 1.165) is 39.0 Å². The fourth-order valence-electron chi connectivity index (χ4n) is 4.03. The van der Waals surface area contributed by atoms with E-state index in [9.17, 15) is 0 Å². The lowest BCUT2D eigenvalue weighted by Crippen LogP contribution is -2.26. The summed E-state index contributed by atoms with van der Waals surface area (Å²) in [6.45, 7) is 4.78. The van der Waals surface area contributed by atoms with Crippen LogP contribution >= 0.6 is 31.9 Å². The zero-order chi connectivity index (χ0) is 14.8. The first-order valence-electron chi connectivity index (χ1n) is 7.98. The molecule has 1 aromatic carbocycles. The minimum absolute atomic E-state index is 0.680. The molecule has 116 valence electrons. The minimum Gasteiger partial charge on any atom is -0.492 e. The zero-order valence-electron chi connectivity index (χ0n) is 12.5. The molecular formula is C17H23Br2NO. The van der Waals surface area contributed by atoms with Gasteiger partial charge in [-0.05, 0) is 100 Å². The van der Waals surface area contributed by atoms with Gasteiger partial charge in [0, 0.05) is 6.54 Å². The van der Waals surface area contributed by atoms with Crippen LogP contribution in [0.4, 0.5) is 0 Å². The van der Waals surface area contributed by atoms with E-state index in [-0.39, 0.29) is 0 Å². The Balaban J connectivity index is 1.53. The summed E-state index contributed by atoms with van der Waals surface area (Å²) >= 11 is 7.20. The van der Waals surface area contributed by atoms with Gasteiger partial charge in [0.25, 0.3) is 0 Å². The Kier molecular flexibility index (Phi) is 5.28. The molecule has 3 rings (SSSR count). The van der Waals surface area contributed by atoms with Crippen molar-refractivity contribution < 1.29 is 4.74 Å². The lowest BCUT2D eigenvalue weighted by molar-refractivity contribution is 0.318. The highest BCUT2D eigenvalue weighted by molar-refractivity contribution is 9.11. The molecule has 4 heteroatoms. The summed E-state index contributed by atoms with van der Waals surface area (Å²) in [4.78, 5) is 0. The Labute approximate surface area is 144 Å². The molecule has 0 aromatic heterocycles. The lowest BCUT2D eigenvalue weighted by Gasteiger charge is -2.22. The molecule has 2 fully saturated rings. The van der Waals surface area contributed by atoms with Gasteiger partial charge in [-0.15, -0.1) is 0 Å². The van der Waals surface area contributed by atoms with Gasteiger partial charge < -0.3 is 10.1 Å². The number of ether oxygens (including phenoxy) is 1. The monoisotopic (exact) mass is 415 g/mol. The highest BCUT2D eigenvalue weighted by Gasteiger charge is 2.38. The van der Waals surface area contributed by atoms with Gasteiger partial charge in [-0.1, -0.05) is 6.42 Å². The predicted octanol–water partition coefficient (Wildman–Crippen LogP) is 5.14. The highest BCUT2D eigenvalue weighted by atomic mass is 79.9. The Morgan fingerprint density at radius 3 is 2.52 bits per heavy atom. The van der Waals surface area contributed by atoms with Gasteiger partial charge in [-0.25, -0.2) is 0 Å². The van der Waals surface area contributed by atoms with Gasteiger partial charge in [0.1, 0.15) is 5.75 Å². The summed E-state index contributed by atoms with van der Waals surface area (Å²) in [6, 6.07) is 4.31. The van der Waals surface area contributed by atoms with Gasteiger partial charge in [0.05, 0.1) is 15.6 Å². The summed E-state index contributed by atoms with van der Waals surface area (Å²) in [7, 11) is 0. The van der Waals surface area contributed by atoms with Crippen molar-refractivity contribution in [1.82, 2.24) is 5.32 Å². The SMILES string of the molecule is CCOc1c(Br)cc(CNCC2CC3CCC2C3)cc1Br. The summed E-state index contributed by atoms with van der Waals surface area (Å²) in [5, 5.41) is 3.65. The molecule has 0 radical (unpaired) electrons. The van der Waals surface area contributed by atoms with Crippen molar-refractivity contribution in [2.75, 3.05) is 13.2 Å². The minimum atomic E-state index is 0.680. The maximum absolute atomic E-state index is 5.63. The van der Waals surface area contributed by atoms with Crippen LogP contribution in [0.25, 0.3) is 0 Å². The molecule has 0 aliphatic heterocycles. The number of hydrogen-bond acceptors (Lipinski definition) is 2. The molecule has 1 aromatic rings. The fraction of sp³-hybridized carbons (Fsp3) is 0.647. The van der Waals surface area contributed by atoms with Crippen LogP contribution in [0.1, 0.15) is 38.2 Å². The van der Waals surface area contributed by atoms with Crippen LogP contribution in [0.2, 0.25) is 0 Å². The van der Waals surface area contributed by atoms with Crippen LogP contribution in [0.5, 0.6) is 5.75 Å². The van der Waals surface area contributed by atoms with E-state index in [1.807, 2.05) is 6.92 Å². The first kappa shape index (κ1) is 15.8. The van der Waals surface area contributed by atoms with E-state index in [1.165, 1.54) is 37.8 Å². The van der Waals surface area contributed by atoms with Gasteiger partial charge in [0.15, 0.2) is 0 Å². The predicted molar refractivity (Wildman–Crippen MR) is 93.7 cm³/mol. The van der Waals surface area contributed by atoms with E-state index in [2.05, 4.69) is 49.3 Å². The fourth-order valence-corrected chi connectivity index (χ4v) is 5.54. The molecule has 2 nitrogen and oxygen atoms in total. The Morgan fingerprint density at radius 2 is 1.95 bits per heavy atom. The van der Waals surface area contributed by atoms with Crippen molar-refractivity contribution in [3.63, 3.8) is 0 Å². The molecule has 3 unspecified atom stereocenters. The normalized spacial score (nSPS) is 27.3. The maximum atomic E-state index is 5.63. The summed E-state index contributed by atoms with van der Waals surface area (Å²) < 4.78 is 7.67. The quantitative estimate of drug-likeness (QED) is 0.693. The molecule has 1 N–H and O–H groups in total. The lowest BCUT2D eigenvalue weighted by atomic mass is 9.89. The third-order valence-electron chi connectivity index (χ3n) is 4.97. The second-order valence-electron chi connectivity index (χ2n) is 6.39. The molecular weight excluding hydrogens is 394 g/mol. The smallest absolute Gasteiger partial charge is 0.147 e. The van der Waals surface area contributed by atoms with Crippen molar-refractivity contribution in [3.8, 4) is 5.75 Å². The van der Waals surface area contributed by atoms with Crippen LogP contribution in [0.15, 0.2) is 21.1 Å². The first-order valence-corrected chi connectivity index (χ1v) is 9.57. The largest absolute Gasteiger partial charge is 0.492 e. The number of rotatable bonds is 6. The van der Waals surface area contributed by atoms with Gasteiger partial charge in [-0.2, -0.15) is 0 Å². The molecule has 2 aliphatic rings. The molecule has 0 spiro atoms. The van der Waals surface area contributed by atoms with E-state index < -0.39 is 0 Å². The van der Waals surface area contributed by atoms with Gasteiger partial charge in [-0.3, -0.25) is 0 Å². The number of fused-ring (bicyclic) bond motifs is 2. The molecule has 2 saturated carbocycles. The highest BCUT2D eigenvalue weighted by Crippen LogP contribution is 2.48.